The first-order valence-corrected chi connectivity index (χ1v) is 8.41. The predicted octanol–water partition coefficient (Wildman–Crippen LogP) is 3.60. The average molecular weight is 354 g/mol. The van der Waals surface area contributed by atoms with E-state index < -0.39 is 0 Å². The largest absolute Gasteiger partial charge is 0.474 e. The number of hydrogen-bond donors (Lipinski definition) is 0. The Kier molecular flexibility index (Phi) is 5.09. The monoisotopic (exact) mass is 353 g/mol. The maximum Gasteiger partial charge on any atom is 0.259 e. The van der Waals surface area contributed by atoms with Gasteiger partial charge < -0.3 is 9.26 Å². The molecule has 126 valence electrons. The fourth-order valence-corrected chi connectivity index (χ4v) is 2.72. The van der Waals surface area contributed by atoms with E-state index in [2.05, 4.69) is 15.1 Å². The van der Waals surface area contributed by atoms with Gasteiger partial charge in [0.25, 0.3) is 5.89 Å². The van der Waals surface area contributed by atoms with Crippen LogP contribution in [0, 0.1) is 0 Å². The summed E-state index contributed by atoms with van der Waals surface area (Å²) in [5.41, 5.74) is 3.19. The predicted molar refractivity (Wildman–Crippen MR) is 98.5 cm³/mol. The molecule has 3 rings (SSSR count). The van der Waals surface area contributed by atoms with E-state index in [1.807, 2.05) is 39.0 Å². The van der Waals surface area contributed by atoms with Crippen LogP contribution in [0.2, 0.25) is 5.02 Å². The van der Waals surface area contributed by atoms with Gasteiger partial charge in [0.05, 0.1) is 11.7 Å². The zero-order valence-corrected chi connectivity index (χ0v) is 15.0. The van der Waals surface area contributed by atoms with E-state index in [1.54, 1.807) is 12.3 Å². The standard InChI is InChI=1S/C18H17BClN3O2/c1-4-12-13(6-5-7-14(12)19)16-22-17(25-23-16)11-8-15(20)18(21-9-11)24-10(2)3/h5-10H,4H2,1-3H3. The number of benzene rings is 1. The van der Waals surface area contributed by atoms with Gasteiger partial charge in [-0.25, -0.2) is 4.98 Å². The second kappa shape index (κ2) is 7.27. The minimum absolute atomic E-state index is 0.0122. The van der Waals surface area contributed by atoms with Crippen LogP contribution >= 0.6 is 11.6 Å². The summed E-state index contributed by atoms with van der Waals surface area (Å²) in [4.78, 5) is 8.68. The normalized spacial score (nSPS) is 11.1. The van der Waals surface area contributed by atoms with Crippen molar-refractivity contribution in [2.45, 2.75) is 33.3 Å². The van der Waals surface area contributed by atoms with Crippen LogP contribution in [0.5, 0.6) is 5.88 Å². The fourth-order valence-electron chi connectivity index (χ4n) is 2.51. The molecular weight excluding hydrogens is 336 g/mol. The molecule has 2 aromatic heterocycles. The van der Waals surface area contributed by atoms with Crippen molar-refractivity contribution in [1.82, 2.24) is 15.1 Å². The molecule has 5 nitrogen and oxygen atoms in total. The van der Waals surface area contributed by atoms with Crippen LogP contribution in [0.1, 0.15) is 26.3 Å². The Bertz CT molecular complexity index is 896. The van der Waals surface area contributed by atoms with Crippen molar-refractivity contribution < 1.29 is 9.26 Å². The number of nitrogens with zero attached hydrogens (tertiary/aromatic N) is 3. The molecule has 7 heteroatoms. The first kappa shape index (κ1) is 17.5. The molecule has 25 heavy (non-hydrogen) atoms. The number of rotatable bonds is 5. The smallest absolute Gasteiger partial charge is 0.259 e. The van der Waals surface area contributed by atoms with E-state index >= 15 is 0 Å². The summed E-state index contributed by atoms with van der Waals surface area (Å²) in [6.07, 6.45) is 2.36. The molecule has 3 aromatic rings. The molecular formula is C18H17BClN3O2. The highest BCUT2D eigenvalue weighted by atomic mass is 35.5. The third-order valence-corrected chi connectivity index (χ3v) is 3.91. The van der Waals surface area contributed by atoms with Crippen molar-refractivity contribution in [2.75, 3.05) is 0 Å². The van der Waals surface area contributed by atoms with Gasteiger partial charge in [-0.1, -0.05) is 47.3 Å². The minimum atomic E-state index is -0.0122. The zero-order chi connectivity index (χ0) is 18.0. The molecule has 0 saturated carbocycles. The molecule has 2 heterocycles. The van der Waals surface area contributed by atoms with Crippen molar-refractivity contribution >= 4 is 24.9 Å². The SMILES string of the molecule is [B]c1cccc(-c2noc(-c3cnc(OC(C)C)c(Cl)c3)n2)c1CC. The van der Waals surface area contributed by atoms with Gasteiger partial charge >= 0.3 is 0 Å². The van der Waals surface area contributed by atoms with E-state index in [4.69, 9.17) is 28.7 Å². The van der Waals surface area contributed by atoms with Crippen LogP contribution in [0.4, 0.5) is 0 Å². The lowest BCUT2D eigenvalue weighted by Gasteiger charge is -2.09. The number of halogens is 1. The van der Waals surface area contributed by atoms with Crippen molar-refractivity contribution in [2.24, 2.45) is 0 Å². The molecule has 0 spiro atoms. The quantitative estimate of drug-likeness (QED) is 0.656. The van der Waals surface area contributed by atoms with E-state index in [-0.39, 0.29) is 6.10 Å². The second-order valence-corrected chi connectivity index (χ2v) is 6.23. The van der Waals surface area contributed by atoms with E-state index in [0.29, 0.717) is 33.6 Å². The van der Waals surface area contributed by atoms with Crippen LogP contribution in [0.25, 0.3) is 22.8 Å². The van der Waals surface area contributed by atoms with Gasteiger partial charge in [0, 0.05) is 11.8 Å². The van der Waals surface area contributed by atoms with E-state index in [9.17, 15) is 0 Å². The summed E-state index contributed by atoms with van der Waals surface area (Å²) in [7, 11) is 6.04. The second-order valence-electron chi connectivity index (χ2n) is 5.83. The molecule has 0 bridgehead atoms. The topological polar surface area (TPSA) is 61.0 Å². The van der Waals surface area contributed by atoms with Crippen LogP contribution in [0.15, 0.2) is 35.0 Å². The third-order valence-electron chi connectivity index (χ3n) is 3.63. The maximum absolute atomic E-state index is 6.22. The van der Waals surface area contributed by atoms with Crippen LogP contribution in [-0.2, 0) is 6.42 Å². The number of aromatic nitrogens is 3. The molecule has 2 radical (unpaired) electrons. The molecule has 0 amide bonds. The Morgan fingerprint density at radius 3 is 2.80 bits per heavy atom. The number of hydrogen-bond acceptors (Lipinski definition) is 5. The molecule has 0 aliphatic rings. The molecule has 0 atom stereocenters. The van der Waals surface area contributed by atoms with Gasteiger partial charge in [-0.05, 0) is 31.9 Å². The summed E-state index contributed by atoms with van der Waals surface area (Å²) >= 11 is 6.22. The van der Waals surface area contributed by atoms with E-state index in [0.717, 1.165) is 17.5 Å². The molecule has 0 aliphatic carbocycles. The Balaban J connectivity index is 1.95. The van der Waals surface area contributed by atoms with Crippen molar-refractivity contribution in [3.8, 4) is 28.7 Å². The van der Waals surface area contributed by atoms with Crippen LogP contribution in [-0.4, -0.2) is 29.1 Å². The van der Waals surface area contributed by atoms with Crippen molar-refractivity contribution in [3.05, 3.63) is 41.0 Å². The Labute approximate surface area is 152 Å². The molecule has 0 saturated heterocycles. The minimum Gasteiger partial charge on any atom is -0.474 e. The fraction of sp³-hybridized carbons (Fsp3) is 0.278. The lowest BCUT2D eigenvalue weighted by Crippen LogP contribution is -2.10. The molecule has 0 unspecified atom stereocenters. The highest BCUT2D eigenvalue weighted by Gasteiger charge is 2.16. The van der Waals surface area contributed by atoms with Gasteiger partial charge in [-0.2, -0.15) is 4.98 Å². The lowest BCUT2D eigenvalue weighted by molar-refractivity contribution is 0.233. The summed E-state index contributed by atoms with van der Waals surface area (Å²) in [6, 6.07) is 7.36. The summed E-state index contributed by atoms with van der Waals surface area (Å²) in [6.45, 7) is 5.85. The van der Waals surface area contributed by atoms with Gasteiger partial charge in [0.1, 0.15) is 12.9 Å². The first-order valence-electron chi connectivity index (χ1n) is 8.03. The van der Waals surface area contributed by atoms with Crippen molar-refractivity contribution in [3.63, 3.8) is 0 Å². The summed E-state index contributed by atoms with van der Waals surface area (Å²) in [5, 5.41) is 4.46. The summed E-state index contributed by atoms with van der Waals surface area (Å²) < 4.78 is 10.9. The molecule has 1 aromatic carbocycles. The van der Waals surface area contributed by atoms with Crippen LogP contribution in [0.3, 0.4) is 0 Å². The molecule has 0 N–H and O–H groups in total. The lowest BCUT2D eigenvalue weighted by atomic mass is 9.86. The third kappa shape index (κ3) is 3.69. The van der Waals surface area contributed by atoms with Gasteiger partial charge in [0.15, 0.2) is 0 Å². The number of ether oxygens (including phenoxy) is 1. The maximum atomic E-state index is 6.22. The van der Waals surface area contributed by atoms with Gasteiger partial charge in [0.2, 0.25) is 11.7 Å². The van der Waals surface area contributed by atoms with Gasteiger partial charge in [-0.3, -0.25) is 0 Å². The van der Waals surface area contributed by atoms with Gasteiger partial charge in [-0.15, -0.1) is 0 Å². The molecule has 0 aliphatic heterocycles. The Morgan fingerprint density at radius 1 is 1.32 bits per heavy atom. The van der Waals surface area contributed by atoms with Crippen molar-refractivity contribution in [1.29, 1.82) is 0 Å². The number of pyridine rings is 1. The Morgan fingerprint density at radius 2 is 2.12 bits per heavy atom. The highest BCUT2D eigenvalue weighted by molar-refractivity contribution is 6.33. The summed E-state index contributed by atoms with van der Waals surface area (Å²) in [5.74, 6) is 1.20. The average Bonchev–Trinajstić information content (AvgIpc) is 3.06. The zero-order valence-electron chi connectivity index (χ0n) is 14.3. The van der Waals surface area contributed by atoms with Crippen LogP contribution < -0.4 is 10.2 Å². The first-order chi connectivity index (χ1) is 12.0. The highest BCUT2D eigenvalue weighted by Crippen LogP contribution is 2.29. The Hall–Kier alpha value is -2.34. The van der Waals surface area contributed by atoms with E-state index in [1.165, 1.54) is 0 Å². The molecule has 0 fully saturated rings.